The third-order valence-electron chi connectivity index (χ3n) is 3.77. The molecule has 0 saturated heterocycles. The summed E-state index contributed by atoms with van der Waals surface area (Å²) >= 11 is 0. The van der Waals surface area contributed by atoms with Gasteiger partial charge in [-0.05, 0) is 40.7 Å². The minimum Gasteiger partial charge on any atom is -0.367 e. The van der Waals surface area contributed by atoms with Crippen molar-refractivity contribution in [3.8, 4) is 0 Å². The van der Waals surface area contributed by atoms with E-state index in [4.69, 9.17) is 5.73 Å². The van der Waals surface area contributed by atoms with Crippen molar-refractivity contribution in [1.82, 2.24) is 4.98 Å². The normalized spacial score (nSPS) is 13.5. The van der Waals surface area contributed by atoms with Crippen molar-refractivity contribution in [2.75, 3.05) is 6.54 Å². The fourth-order valence-electron chi connectivity index (χ4n) is 2.53. The first kappa shape index (κ1) is 13.9. The Morgan fingerprint density at radius 3 is 2.42 bits per heavy atom. The summed E-state index contributed by atoms with van der Waals surface area (Å²) in [4.78, 5) is 3.11. The molecule has 0 spiro atoms. The van der Waals surface area contributed by atoms with Crippen LogP contribution in [0.25, 0.3) is 0 Å². The number of benzene rings is 1. The van der Waals surface area contributed by atoms with Gasteiger partial charge in [0, 0.05) is 24.9 Å². The molecule has 1 aromatic heterocycles. The fraction of sp³-hybridized carbons (Fsp3) is 0.412. The monoisotopic (exact) mass is 256 g/mol. The highest BCUT2D eigenvalue weighted by Crippen LogP contribution is 2.30. The van der Waals surface area contributed by atoms with Gasteiger partial charge < -0.3 is 10.7 Å². The third kappa shape index (κ3) is 2.90. The molecule has 0 fully saturated rings. The molecule has 0 radical (unpaired) electrons. The van der Waals surface area contributed by atoms with Crippen LogP contribution in [-0.2, 0) is 5.41 Å². The van der Waals surface area contributed by atoms with Crippen molar-refractivity contribution in [3.63, 3.8) is 0 Å². The zero-order valence-corrected chi connectivity index (χ0v) is 12.3. The molecule has 102 valence electrons. The first-order valence-electron chi connectivity index (χ1n) is 6.87. The predicted octanol–water partition coefficient (Wildman–Crippen LogP) is 3.71. The molecule has 2 nitrogen and oxygen atoms in total. The molecule has 0 aliphatic carbocycles. The van der Waals surface area contributed by atoms with Gasteiger partial charge >= 0.3 is 0 Å². The number of rotatable bonds is 3. The average molecular weight is 256 g/mol. The maximum absolute atomic E-state index is 5.97. The van der Waals surface area contributed by atoms with Crippen LogP contribution in [0.5, 0.6) is 0 Å². The molecule has 0 saturated carbocycles. The summed E-state index contributed by atoms with van der Waals surface area (Å²) in [6.45, 7) is 9.55. The number of aryl methyl sites for hydroxylation is 1. The lowest BCUT2D eigenvalue weighted by molar-refractivity contribution is 0.589. The van der Waals surface area contributed by atoms with Gasteiger partial charge in [0.2, 0.25) is 0 Å². The molecule has 19 heavy (non-hydrogen) atoms. The minimum absolute atomic E-state index is 0.190. The molecule has 0 amide bonds. The van der Waals surface area contributed by atoms with Crippen molar-refractivity contribution in [2.24, 2.45) is 5.73 Å². The van der Waals surface area contributed by atoms with Crippen molar-refractivity contribution in [2.45, 2.75) is 39.0 Å². The standard InChI is InChI=1S/C17H24N2/c1-12-9-14(17(2,3)4)5-6-15(12)16(10-18)13-7-8-19-11-13/h5-9,11,16,19H,10,18H2,1-4H3. The molecule has 1 atom stereocenters. The van der Waals surface area contributed by atoms with E-state index in [1.807, 2.05) is 12.4 Å². The quantitative estimate of drug-likeness (QED) is 0.863. The largest absolute Gasteiger partial charge is 0.367 e. The number of H-pyrrole nitrogens is 1. The van der Waals surface area contributed by atoms with Crippen LogP contribution in [0.15, 0.2) is 36.7 Å². The maximum Gasteiger partial charge on any atom is 0.0230 e. The maximum atomic E-state index is 5.97. The molecule has 1 heterocycles. The number of aromatic amines is 1. The lowest BCUT2D eigenvalue weighted by Gasteiger charge is -2.23. The van der Waals surface area contributed by atoms with Crippen LogP contribution in [0.1, 0.15) is 48.9 Å². The van der Waals surface area contributed by atoms with E-state index in [9.17, 15) is 0 Å². The van der Waals surface area contributed by atoms with Crippen LogP contribution in [0, 0.1) is 6.92 Å². The second-order valence-corrected chi connectivity index (χ2v) is 6.25. The summed E-state index contributed by atoms with van der Waals surface area (Å²) in [5.74, 6) is 0.278. The zero-order chi connectivity index (χ0) is 14.0. The van der Waals surface area contributed by atoms with E-state index in [0.29, 0.717) is 6.54 Å². The van der Waals surface area contributed by atoms with E-state index in [1.165, 1.54) is 22.3 Å². The number of nitrogens with two attached hydrogens (primary N) is 1. The van der Waals surface area contributed by atoms with E-state index in [-0.39, 0.29) is 11.3 Å². The molecule has 3 N–H and O–H groups in total. The summed E-state index contributed by atoms with van der Waals surface area (Å²) in [7, 11) is 0. The van der Waals surface area contributed by atoms with Gasteiger partial charge in [-0.3, -0.25) is 0 Å². The Bertz CT molecular complexity index is 533. The molecule has 1 unspecified atom stereocenters. The first-order valence-corrected chi connectivity index (χ1v) is 6.87. The highest BCUT2D eigenvalue weighted by molar-refractivity contribution is 5.41. The van der Waals surface area contributed by atoms with Gasteiger partial charge in [-0.1, -0.05) is 39.0 Å². The Balaban J connectivity index is 2.40. The van der Waals surface area contributed by atoms with Gasteiger partial charge in [0.15, 0.2) is 0 Å². The molecule has 2 aromatic rings. The van der Waals surface area contributed by atoms with Gasteiger partial charge in [0.25, 0.3) is 0 Å². The molecular weight excluding hydrogens is 232 g/mol. The number of aromatic nitrogens is 1. The lowest BCUT2D eigenvalue weighted by Crippen LogP contribution is -2.16. The summed E-state index contributed by atoms with van der Waals surface area (Å²) in [5.41, 5.74) is 11.4. The lowest BCUT2D eigenvalue weighted by atomic mass is 9.82. The molecule has 2 rings (SSSR count). The summed E-state index contributed by atoms with van der Waals surface area (Å²) in [6.07, 6.45) is 3.99. The van der Waals surface area contributed by atoms with Gasteiger partial charge in [0.1, 0.15) is 0 Å². The second-order valence-electron chi connectivity index (χ2n) is 6.25. The molecular formula is C17H24N2. The van der Waals surface area contributed by atoms with E-state index in [0.717, 1.165) is 0 Å². The predicted molar refractivity (Wildman–Crippen MR) is 81.6 cm³/mol. The molecule has 1 aromatic carbocycles. The Labute approximate surface area is 116 Å². The Morgan fingerprint density at radius 2 is 1.95 bits per heavy atom. The first-order chi connectivity index (χ1) is 8.93. The van der Waals surface area contributed by atoms with E-state index < -0.39 is 0 Å². The van der Waals surface area contributed by atoms with E-state index in [2.05, 4.69) is 56.9 Å². The topological polar surface area (TPSA) is 41.8 Å². The highest BCUT2D eigenvalue weighted by atomic mass is 14.6. The van der Waals surface area contributed by atoms with Gasteiger partial charge in [0.05, 0.1) is 0 Å². The zero-order valence-electron chi connectivity index (χ0n) is 12.3. The summed E-state index contributed by atoms with van der Waals surface area (Å²) < 4.78 is 0. The number of hydrogen-bond donors (Lipinski definition) is 2. The number of nitrogens with one attached hydrogen (secondary N) is 1. The van der Waals surface area contributed by atoms with Crippen molar-refractivity contribution < 1.29 is 0 Å². The van der Waals surface area contributed by atoms with Crippen molar-refractivity contribution in [1.29, 1.82) is 0 Å². The molecule has 0 aliphatic heterocycles. The van der Waals surface area contributed by atoms with E-state index >= 15 is 0 Å². The average Bonchev–Trinajstić information content (AvgIpc) is 2.84. The third-order valence-corrected chi connectivity index (χ3v) is 3.77. The van der Waals surface area contributed by atoms with Crippen LogP contribution in [0.2, 0.25) is 0 Å². The van der Waals surface area contributed by atoms with Crippen LogP contribution in [0.3, 0.4) is 0 Å². The van der Waals surface area contributed by atoms with E-state index in [1.54, 1.807) is 0 Å². The second kappa shape index (κ2) is 5.22. The molecule has 0 aliphatic rings. The van der Waals surface area contributed by atoms with Gasteiger partial charge in [-0.15, -0.1) is 0 Å². The smallest absolute Gasteiger partial charge is 0.0230 e. The minimum atomic E-state index is 0.190. The Kier molecular flexibility index (Phi) is 3.81. The van der Waals surface area contributed by atoms with Crippen LogP contribution < -0.4 is 5.73 Å². The molecule has 2 heteroatoms. The van der Waals surface area contributed by atoms with Crippen LogP contribution in [0.4, 0.5) is 0 Å². The van der Waals surface area contributed by atoms with Gasteiger partial charge in [-0.2, -0.15) is 0 Å². The number of hydrogen-bond acceptors (Lipinski definition) is 1. The fourth-order valence-corrected chi connectivity index (χ4v) is 2.53. The van der Waals surface area contributed by atoms with Gasteiger partial charge in [-0.25, -0.2) is 0 Å². The Hall–Kier alpha value is -1.54. The Morgan fingerprint density at radius 1 is 1.21 bits per heavy atom. The van der Waals surface area contributed by atoms with Crippen LogP contribution >= 0.6 is 0 Å². The van der Waals surface area contributed by atoms with Crippen LogP contribution in [-0.4, -0.2) is 11.5 Å². The summed E-state index contributed by atoms with van der Waals surface area (Å²) in [5, 5.41) is 0. The molecule has 0 bridgehead atoms. The van der Waals surface area contributed by atoms with Crippen molar-refractivity contribution >= 4 is 0 Å². The SMILES string of the molecule is Cc1cc(C(C)(C)C)ccc1C(CN)c1cc[nH]c1. The summed E-state index contributed by atoms with van der Waals surface area (Å²) in [6, 6.07) is 8.87. The van der Waals surface area contributed by atoms with Crippen molar-refractivity contribution in [3.05, 3.63) is 58.9 Å². The highest BCUT2D eigenvalue weighted by Gasteiger charge is 2.18.